The number of aldehydes is 1. The lowest BCUT2D eigenvalue weighted by Gasteiger charge is -2.09. The molecule has 0 unspecified atom stereocenters. The van der Waals surface area contributed by atoms with E-state index in [9.17, 15) is 19.5 Å². The Morgan fingerprint density at radius 2 is 2.29 bits per heavy atom. The van der Waals surface area contributed by atoms with E-state index in [4.69, 9.17) is 4.74 Å². The molecular weight excluding hydrogens is 226 g/mol. The Morgan fingerprint density at radius 1 is 1.59 bits per heavy atom. The van der Waals surface area contributed by atoms with Gasteiger partial charge in [0.15, 0.2) is 12.0 Å². The number of nitrogens with zero attached hydrogens (tertiary/aromatic N) is 1. The van der Waals surface area contributed by atoms with Gasteiger partial charge in [-0.15, -0.1) is 0 Å². The number of carbonyl (C=O) groups is 2. The molecule has 0 aliphatic rings. The van der Waals surface area contributed by atoms with Crippen molar-refractivity contribution in [1.82, 2.24) is 4.57 Å². The van der Waals surface area contributed by atoms with Crippen molar-refractivity contribution in [2.45, 2.75) is 19.9 Å². The van der Waals surface area contributed by atoms with E-state index in [0.717, 1.165) is 12.3 Å². The predicted octanol–water partition coefficient (Wildman–Crippen LogP) is 0.320. The zero-order chi connectivity index (χ0) is 12.8. The number of hydrogen-bond donors (Lipinski definition) is 1. The molecule has 6 heteroatoms. The minimum absolute atomic E-state index is 0.0665. The average Bonchev–Trinajstić information content (AvgIpc) is 2.30. The largest absolute Gasteiger partial charge is 0.503 e. The second-order valence-electron chi connectivity index (χ2n) is 3.31. The summed E-state index contributed by atoms with van der Waals surface area (Å²) in [5, 5.41) is 9.22. The van der Waals surface area contributed by atoms with E-state index in [2.05, 4.69) is 0 Å². The van der Waals surface area contributed by atoms with Crippen LogP contribution in [0, 0.1) is 0 Å². The standard InChI is InChI=1S/C11H13NO5/c1-2-17-11(16)3-4-12-6-10(15)9(14)5-8(12)7-13/h5-7,15H,2-4H2,1H3. The Hall–Kier alpha value is -2.11. The van der Waals surface area contributed by atoms with Gasteiger partial charge in [0.2, 0.25) is 5.43 Å². The van der Waals surface area contributed by atoms with Gasteiger partial charge >= 0.3 is 5.97 Å². The molecule has 1 N–H and O–H groups in total. The van der Waals surface area contributed by atoms with Crippen molar-refractivity contribution >= 4 is 12.3 Å². The maximum Gasteiger partial charge on any atom is 0.307 e. The molecule has 0 spiro atoms. The molecule has 0 amide bonds. The second-order valence-corrected chi connectivity index (χ2v) is 3.31. The molecule has 1 heterocycles. The van der Waals surface area contributed by atoms with Gasteiger partial charge in [-0.1, -0.05) is 0 Å². The van der Waals surface area contributed by atoms with E-state index in [-0.39, 0.29) is 25.3 Å². The summed E-state index contributed by atoms with van der Waals surface area (Å²) in [7, 11) is 0. The Morgan fingerprint density at radius 3 is 2.88 bits per heavy atom. The van der Waals surface area contributed by atoms with Crippen molar-refractivity contribution in [3.8, 4) is 5.75 Å². The van der Waals surface area contributed by atoms with Crippen LogP contribution in [-0.4, -0.2) is 28.5 Å². The van der Waals surface area contributed by atoms with Gasteiger partial charge in [0.05, 0.1) is 24.9 Å². The number of aryl methyl sites for hydroxylation is 1. The molecule has 1 aromatic rings. The molecule has 0 aromatic carbocycles. The van der Waals surface area contributed by atoms with Crippen LogP contribution in [0.3, 0.4) is 0 Å². The highest BCUT2D eigenvalue weighted by molar-refractivity contribution is 5.73. The molecule has 0 bridgehead atoms. The van der Waals surface area contributed by atoms with Crippen LogP contribution < -0.4 is 5.43 Å². The van der Waals surface area contributed by atoms with Gasteiger partial charge in [0, 0.05) is 12.6 Å². The first-order valence-electron chi connectivity index (χ1n) is 5.12. The highest BCUT2D eigenvalue weighted by Crippen LogP contribution is 2.05. The third kappa shape index (κ3) is 3.44. The first-order valence-corrected chi connectivity index (χ1v) is 5.12. The lowest BCUT2D eigenvalue weighted by Crippen LogP contribution is -2.15. The van der Waals surface area contributed by atoms with Gasteiger partial charge in [0.1, 0.15) is 0 Å². The number of pyridine rings is 1. The number of esters is 1. The minimum atomic E-state index is -0.625. The summed E-state index contributed by atoms with van der Waals surface area (Å²) in [5.74, 6) is -0.859. The van der Waals surface area contributed by atoms with Gasteiger partial charge in [-0.05, 0) is 6.92 Å². The van der Waals surface area contributed by atoms with Crippen molar-refractivity contribution in [3.63, 3.8) is 0 Å². The molecule has 92 valence electrons. The first-order chi connectivity index (χ1) is 8.08. The molecule has 0 saturated heterocycles. The fourth-order valence-corrected chi connectivity index (χ4v) is 1.32. The minimum Gasteiger partial charge on any atom is -0.503 e. The van der Waals surface area contributed by atoms with Crippen LogP contribution in [0.2, 0.25) is 0 Å². The molecule has 0 fully saturated rings. The maximum atomic E-state index is 11.1. The van der Waals surface area contributed by atoms with Crippen LogP contribution in [0.25, 0.3) is 0 Å². The number of hydrogen-bond acceptors (Lipinski definition) is 5. The van der Waals surface area contributed by atoms with E-state index >= 15 is 0 Å². The Balaban J connectivity index is 2.83. The third-order valence-corrected chi connectivity index (χ3v) is 2.12. The molecule has 1 rings (SSSR count). The summed E-state index contributed by atoms with van der Waals surface area (Å²) < 4.78 is 6.06. The van der Waals surface area contributed by atoms with Crippen LogP contribution in [0.5, 0.6) is 5.75 Å². The van der Waals surface area contributed by atoms with E-state index in [0.29, 0.717) is 6.29 Å². The summed E-state index contributed by atoms with van der Waals surface area (Å²) in [5.41, 5.74) is -0.517. The van der Waals surface area contributed by atoms with Gasteiger partial charge in [0.25, 0.3) is 0 Å². The fourth-order valence-electron chi connectivity index (χ4n) is 1.32. The summed E-state index contributed by atoms with van der Waals surface area (Å²) in [4.78, 5) is 32.9. The molecular formula is C11H13NO5. The van der Waals surface area contributed by atoms with E-state index in [1.807, 2.05) is 0 Å². The molecule has 0 atom stereocenters. The van der Waals surface area contributed by atoms with Crippen LogP contribution in [-0.2, 0) is 16.1 Å². The van der Waals surface area contributed by atoms with E-state index in [1.54, 1.807) is 6.92 Å². The first kappa shape index (κ1) is 13.0. The molecule has 17 heavy (non-hydrogen) atoms. The summed E-state index contributed by atoms with van der Waals surface area (Å²) in [6.45, 7) is 2.15. The number of aromatic hydroxyl groups is 1. The Labute approximate surface area is 97.4 Å². The predicted molar refractivity (Wildman–Crippen MR) is 59.0 cm³/mol. The van der Waals surface area contributed by atoms with Gasteiger partial charge in [-0.3, -0.25) is 14.4 Å². The van der Waals surface area contributed by atoms with Crippen LogP contribution in [0.4, 0.5) is 0 Å². The SMILES string of the molecule is CCOC(=O)CCn1cc(O)c(=O)cc1C=O. The zero-order valence-electron chi connectivity index (χ0n) is 9.38. The summed E-state index contributed by atoms with van der Waals surface area (Å²) in [6, 6.07) is 1.02. The fraction of sp³-hybridized carbons (Fsp3) is 0.364. The molecule has 0 saturated carbocycles. The number of rotatable bonds is 5. The lowest BCUT2D eigenvalue weighted by atomic mass is 10.3. The molecule has 6 nitrogen and oxygen atoms in total. The van der Waals surface area contributed by atoms with Gasteiger partial charge in [-0.2, -0.15) is 0 Å². The van der Waals surface area contributed by atoms with Gasteiger partial charge in [-0.25, -0.2) is 0 Å². The van der Waals surface area contributed by atoms with Crippen molar-refractivity contribution in [3.05, 3.63) is 28.2 Å². The highest BCUT2D eigenvalue weighted by Gasteiger charge is 2.07. The third-order valence-electron chi connectivity index (χ3n) is 2.12. The second kappa shape index (κ2) is 5.83. The van der Waals surface area contributed by atoms with Crippen LogP contribution >= 0.6 is 0 Å². The monoisotopic (exact) mass is 239 g/mol. The lowest BCUT2D eigenvalue weighted by molar-refractivity contribution is -0.143. The molecule has 0 aliphatic carbocycles. The van der Waals surface area contributed by atoms with E-state index in [1.165, 1.54) is 4.57 Å². The summed E-state index contributed by atoms with van der Waals surface area (Å²) >= 11 is 0. The number of aromatic nitrogens is 1. The van der Waals surface area contributed by atoms with Crippen LogP contribution in [0.15, 0.2) is 17.1 Å². The van der Waals surface area contributed by atoms with Crippen molar-refractivity contribution < 1.29 is 19.4 Å². The van der Waals surface area contributed by atoms with Crippen molar-refractivity contribution in [1.29, 1.82) is 0 Å². The topological polar surface area (TPSA) is 85.6 Å². The normalized spacial score (nSPS) is 9.94. The Bertz CT molecular complexity index is 477. The smallest absolute Gasteiger partial charge is 0.307 e. The zero-order valence-corrected chi connectivity index (χ0v) is 9.38. The van der Waals surface area contributed by atoms with Gasteiger partial charge < -0.3 is 14.4 Å². The maximum absolute atomic E-state index is 11.1. The molecule has 0 aliphatic heterocycles. The van der Waals surface area contributed by atoms with Crippen LogP contribution in [0.1, 0.15) is 23.8 Å². The number of ether oxygens (including phenoxy) is 1. The number of carbonyl (C=O) groups excluding carboxylic acids is 2. The van der Waals surface area contributed by atoms with E-state index < -0.39 is 17.1 Å². The van der Waals surface area contributed by atoms with Crippen molar-refractivity contribution in [2.75, 3.05) is 6.61 Å². The molecule has 0 radical (unpaired) electrons. The quantitative estimate of drug-likeness (QED) is 0.590. The highest BCUT2D eigenvalue weighted by atomic mass is 16.5. The average molecular weight is 239 g/mol. The van der Waals surface area contributed by atoms with Crippen molar-refractivity contribution in [2.24, 2.45) is 0 Å². The summed E-state index contributed by atoms with van der Waals surface area (Å²) in [6.07, 6.45) is 1.69. The Kier molecular flexibility index (Phi) is 4.45. The molecule has 1 aromatic heterocycles.